The van der Waals surface area contributed by atoms with Crippen LogP contribution in [0.1, 0.15) is 13.8 Å². The summed E-state index contributed by atoms with van der Waals surface area (Å²) in [5.41, 5.74) is 0.536. The van der Waals surface area contributed by atoms with Crippen LogP contribution in [-0.4, -0.2) is 35.6 Å². The Labute approximate surface area is 86.7 Å². The summed E-state index contributed by atoms with van der Waals surface area (Å²) in [5, 5.41) is 18.4. The molecule has 1 rings (SSSR count). The maximum absolute atomic E-state index is 9.30. The molecule has 0 heterocycles. The molecule has 0 bridgehead atoms. The lowest BCUT2D eigenvalue weighted by atomic mass is 10.1. The third-order valence-electron chi connectivity index (χ3n) is 1.66. The number of nitrogens with zero attached hydrogens (tertiary/aromatic N) is 1. The fourth-order valence-corrected chi connectivity index (χ4v) is 0.965. The highest BCUT2D eigenvalue weighted by Gasteiger charge is 2.00. The average molecular weight is 187 g/mol. The summed E-state index contributed by atoms with van der Waals surface area (Å²) in [7, 11) is 0. The number of hydrogen-bond donors (Lipinski definition) is 2. The Morgan fingerprint density at radius 3 is 2.69 bits per heavy atom. The number of phenols is 2. The average Bonchev–Trinajstić information content (AvgIpc) is 2.19. The molecule has 3 heteroatoms. The molecule has 0 radical (unpaired) electrons. The molecule has 13 heavy (non-hydrogen) atoms. The van der Waals surface area contributed by atoms with Gasteiger partial charge >= 0.3 is 0 Å². The van der Waals surface area contributed by atoms with E-state index < -0.39 is 14.0 Å². The molecular formula is C10H15NO2. The van der Waals surface area contributed by atoms with Crippen molar-refractivity contribution < 1.29 is 18.4 Å². The summed E-state index contributed by atoms with van der Waals surface area (Å²) in [4.78, 5) is 0.448. The molecule has 2 N–H and O–H groups in total. The van der Waals surface area contributed by atoms with Gasteiger partial charge in [0.2, 0.25) is 0 Å². The lowest BCUT2D eigenvalue weighted by molar-refractivity contribution is 0.399. The van der Waals surface area contributed by atoms with Gasteiger partial charge in [-0.1, -0.05) is 6.07 Å². The first-order valence-electron chi connectivity index (χ1n) is 6.80. The van der Waals surface area contributed by atoms with Crippen molar-refractivity contribution in [2.75, 3.05) is 20.5 Å². The first-order valence-corrected chi connectivity index (χ1v) is 3.80. The van der Waals surface area contributed by atoms with Gasteiger partial charge in [0.25, 0.3) is 0 Å². The second-order valence-corrected chi connectivity index (χ2v) is 2.72. The van der Waals surface area contributed by atoms with Gasteiger partial charge in [0.05, 0.1) is 0 Å². The first-order chi connectivity index (χ1) is 8.51. The zero-order chi connectivity index (χ0) is 14.8. The molecule has 3 nitrogen and oxygen atoms in total. The maximum atomic E-state index is 9.30. The van der Waals surface area contributed by atoms with Gasteiger partial charge in [0.15, 0.2) is 11.5 Å². The molecule has 0 aromatic heterocycles. The molecule has 0 aliphatic heterocycles. The van der Waals surface area contributed by atoms with Crippen LogP contribution < -0.4 is 0 Å². The molecule has 1 aromatic rings. The van der Waals surface area contributed by atoms with Gasteiger partial charge in [0, 0.05) is 14.8 Å². The Morgan fingerprint density at radius 2 is 2.08 bits per heavy atom. The van der Waals surface area contributed by atoms with Crippen LogP contribution in [0.15, 0.2) is 18.2 Å². The predicted molar refractivity (Wildman–Crippen MR) is 52.0 cm³/mol. The minimum absolute atomic E-state index is 0.130. The summed E-state index contributed by atoms with van der Waals surface area (Å²) in [6.07, 6.45) is 0.130. The molecule has 72 valence electrons. The maximum Gasteiger partial charge on any atom is 0.157 e. The van der Waals surface area contributed by atoms with E-state index in [4.69, 9.17) is 13.3 Å². The van der Waals surface area contributed by atoms with E-state index in [1.54, 1.807) is 0 Å². The number of benzene rings is 1. The van der Waals surface area contributed by atoms with Crippen molar-refractivity contribution in [2.45, 2.75) is 6.42 Å². The quantitative estimate of drug-likeness (QED) is 0.699. The Kier molecular flexibility index (Phi) is 1.38. The van der Waals surface area contributed by atoms with Crippen molar-refractivity contribution in [2.24, 2.45) is 0 Å². The van der Waals surface area contributed by atoms with Crippen LogP contribution in [0.3, 0.4) is 0 Å². The van der Waals surface area contributed by atoms with E-state index in [-0.39, 0.29) is 24.5 Å². The van der Waals surface area contributed by atoms with Crippen LogP contribution >= 0.6 is 0 Å². The third kappa shape index (κ3) is 2.95. The molecule has 0 amide bonds. The minimum Gasteiger partial charge on any atom is -0.504 e. The first kappa shape index (κ1) is 4.33. The summed E-state index contributed by atoms with van der Waals surface area (Å²) < 4.78 is 43.2. The van der Waals surface area contributed by atoms with Crippen LogP contribution in [0.2, 0.25) is 0 Å². The second kappa shape index (κ2) is 4.14. The Bertz CT molecular complexity index is 429. The Morgan fingerprint density at radius 1 is 1.31 bits per heavy atom. The molecule has 0 unspecified atom stereocenters. The van der Waals surface area contributed by atoms with E-state index in [1.807, 2.05) is 0 Å². The van der Waals surface area contributed by atoms with Crippen molar-refractivity contribution in [3.8, 4) is 11.5 Å². The molecule has 1 aromatic carbocycles. The molecule has 0 aliphatic rings. The summed E-state index contributed by atoms with van der Waals surface area (Å²) in [6.45, 7) is -5.65. The number of hydrogen-bond acceptors (Lipinski definition) is 3. The summed E-state index contributed by atoms with van der Waals surface area (Å²) in [6, 6.07) is 4.03. The summed E-state index contributed by atoms with van der Waals surface area (Å²) >= 11 is 0. The minimum atomic E-state index is -2.72. The Balaban J connectivity index is 2.80. The predicted octanol–water partition coefficient (Wildman–Crippen LogP) is 1.20. The van der Waals surface area contributed by atoms with Gasteiger partial charge in [0.1, 0.15) is 0 Å². The van der Waals surface area contributed by atoms with E-state index in [2.05, 4.69) is 0 Å². The number of rotatable bonds is 3. The fraction of sp³-hybridized carbons (Fsp3) is 0.400. The van der Waals surface area contributed by atoms with E-state index in [1.165, 1.54) is 18.2 Å². The van der Waals surface area contributed by atoms with Crippen LogP contribution in [-0.2, 0) is 6.42 Å². The third-order valence-corrected chi connectivity index (χ3v) is 1.66. The van der Waals surface area contributed by atoms with Gasteiger partial charge in [-0.15, -0.1) is 0 Å². The zero-order valence-electron chi connectivity index (χ0n) is 13.0. The van der Waals surface area contributed by atoms with Crippen LogP contribution in [0.4, 0.5) is 0 Å². The molecule has 0 saturated carbocycles. The molecule has 0 fully saturated rings. The van der Waals surface area contributed by atoms with Crippen LogP contribution in [0.25, 0.3) is 0 Å². The highest BCUT2D eigenvalue weighted by Crippen LogP contribution is 2.24. The highest BCUT2D eigenvalue weighted by atomic mass is 16.3. The van der Waals surface area contributed by atoms with Gasteiger partial charge < -0.3 is 15.1 Å². The van der Waals surface area contributed by atoms with Crippen molar-refractivity contribution in [3.05, 3.63) is 23.8 Å². The van der Waals surface area contributed by atoms with Crippen molar-refractivity contribution in [1.29, 1.82) is 0 Å². The number of likely N-dealkylation sites (N-methyl/N-ethyl adjacent to an activating group) is 1. The standard InChI is InChI=1S/C10H15NO2/c1-11(2)6-5-8-3-4-9(12)10(13)7-8/h3-4,7,12-13H,5-6H2,1-2H3/i1D3,2D3. The molecular weight excluding hydrogens is 166 g/mol. The zero-order valence-corrected chi connectivity index (χ0v) is 6.99. The van der Waals surface area contributed by atoms with Gasteiger partial charge in [-0.2, -0.15) is 0 Å². The SMILES string of the molecule is [2H]C([2H])([2H])N(CCc1ccc(O)c(O)c1)C([2H])([2H])[2H]. The second-order valence-electron chi connectivity index (χ2n) is 2.72. The molecule has 0 spiro atoms. The fourth-order valence-electron chi connectivity index (χ4n) is 0.965. The largest absolute Gasteiger partial charge is 0.504 e. The molecule has 0 atom stereocenters. The monoisotopic (exact) mass is 187 g/mol. The van der Waals surface area contributed by atoms with E-state index in [0.717, 1.165) is 0 Å². The van der Waals surface area contributed by atoms with Crippen molar-refractivity contribution in [3.63, 3.8) is 0 Å². The van der Waals surface area contributed by atoms with Crippen molar-refractivity contribution in [1.82, 2.24) is 4.90 Å². The smallest absolute Gasteiger partial charge is 0.157 e. The highest BCUT2D eigenvalue weighted by molar-refractivity contribution is 5.40. The molecule has 0 saturated heterocycles. The van der Waals surface area contributed by atoms with Gasteiger partial charge in [-0.3, -0.25) is 0 Å². The van der Waals surface area contributed by atoms with Crippen LogP contribution in [0.5, 0.6) is 11.5 Å². The van der Waals surface area contributed by atoms with Gasteiger partial charge in [-0.05, 0) is 38.1 Å². The van der Waals surface area contributed by atoms with E-state index >= 15 is 0 Å². The van der Waals surface area contributed by atoms with E-state index in [0.29, 0.717) is 10.5 Å². The lowest BCUT2D eigenvalue weighted by Crippen LogP contribution is -2.14. The lowest BCUT2D eigenvalue weighted by Gasteiger charge is -2.09. The number of aromatic hydroxyl groups is 2. The van der Waals surface area contributed by atoms with Gasteiger partial charge in [-0.25, -0.2) is 0 Å². The Hall–Kier alpha value is -1.22. The topological polar surface area (TPSA) is 43.7 Å². The normalized spacial score (nSPS) is 19.5. The molecule has 0 aliphatic carbocycles. The van der Waals surface area contributed by atoms with E-state index in [9.17, 15) is 5.11 Å². The number of phenolic OH excluding ortho intramolecular Hbond substituents is 2. The summed E-state index contributed by atoms with van der Waals surface area (Å²) in [5.74, 6) is -0.612. The van der Waals surface area contributed by atoms with Crippen LogP contribution in [0, 0.1) is 0 Å². The van der Waals surface area contributed by atoms with Crippen molar-refractivity contribution >= 4 is 0 Å².